The summed E-state index contributed by atoms with van der Waals surface area (Å²) < 4.78 is 21.1. The number of aliphatic carboxylic acids is 1. The van der Waals surface area contributed by atoms with E-state index >= 15 is 4.39 Å². The average Bonchev–Trinajstić information content (AvgIpc) is 3.39. The van der Waals surface area contributed by atoms with Gasteiger partial charge in [-0.25, -0.2) is 9.18 Å². The maximum atomic E-state index is 15.3. The number of fused-ring (bicyclic) bond motifs is 1. The highest BCUT2D eigenvalue weighted by Gasteiger charge is 2.36. The summed E-state index contributed by atoms with van der Waals surface area (Å²) in [5, 5.41) is 12.9. The van der Waals surface area contributed by atoms with Crippen LogP contribution in [0.25, 0.3) is 0 Å². The summed E-state index contributed by atoms with van der Waals surface area (Å²) in [5.74, 6) is -0.912. The number of nitrogens with one attached hydrogen (secondary N) is 1. The van der Waals surface area contributed by atoms with Crippen molar-refractivity contribution in [2.24, 2.45) is 11.3 Å². The molecule has 0 spiro atoms. The van der Waals surface area contributed by atoms with Gasteiger partial charge in [-0.1, -0.05) is 32.9 Å². The molecule has 1 aromatic heterocycles. The second-order valence-corrected chi connectivity index (χ2v) is 15.1. The highest BCUT2D eigenvalue weighted by atomic mass is 19.1. The van der Waals surface area contributed by atoms with Gasteiger partial charge in [0.25, 0.3) is 0 Å². The standard InChI is InChI=1S/C38H53FN4O5/c1-38(2,3)25-35(44)41-30-14-10-26(11-15-30)18-22-48-34-17-13-28(23-31(34)39)33(24-36(45)46)43-21-20-42(37(43)47)19-6-8-29-16-12-27-7-4-5-9-32(27)40-29/h12-13,16-17,23,26,30,33H,4-11,14-15,18-22,24-25H2,1-3H3,(H,41,44)(H,45,46)/t26?,30?,33-/m0/s1. The van der Waals surface area contributed by atoms with Crippen LogP contribution in [0.15, 0.2) is 30.3 Å². The number of rotatable bonds is 14. The summed E-state index contributed by atoms with van der Waals surface area (Å²) >= 11 is 0. The van der Waals surface area contributed by atoms with Crippen LogP contribution >= 0.6 is 0 Å². The molecule has 1 atom stereocenters. The lowest BCUT2D eigenvalue weighted by atomic mass is 9.84. The SMILES string of the molecule is CC(C)(C)CC(=O)NC1CCC(CCOc2ccc([C@H](CC(=O)O)N3CCN(CCCc4ccc5c(n4)CCCC5)C3=O)cc2F)CC1. The van der Waals surface area contributed by atoms with Crippen LogP contribution in [0.4, 0.5) is 9.18 Å². The normalized spacial score (nSPS) is 20.4. The van der Waals surface area contributed by atoms with Gasteiger partial charge in [0, 0.05) is 43.5 Å². The Morgan fingerprint density at radius 2 is 1.85 bits per heavy atom. The zero-order chi connectivity index (χ0) is 34.3. The summed E-state index contributed by atoms with van der Waals surface area (Å²) in [5.41, 5.74) is 4.02. The van der Waals surface area contributed by atoms with Gasteiger partial charge < -0.3 is 25.0 Å². The molecule has 262 valence electrons. The lowest BCUT2D eigenvalue weighted by Gasteiger charge is -2.30. The molecular weight excluding hydrogens is 611 g/mol. The number of urea groups is 1. The fourth-order valence-corrected chi connectivity index (χ4v) is 7.42. The third-order valence-electron chi connectivity index (χ3n) is 10.00. The molecular formula is C38H53FN4O5. The van der Waals surface area contributed by atoms with Gasteiger partial charge >= 0.3 is 12.0 Å². The van der Waals surface area contributed by atoms with E-state index in [1.807, 2.05) is 0 Å². The van der Waals surface area contributed by atoms with Gasteiger partial charge in [-0.15, -0.1) is 0 Å². The summed E-state index contributed by atoms with van der Waals surface area (Å²) in [6.45, 7) is 8.01. The zero-order valence-corrected chi connectivity index (χ0v) is 28.9. The molecule has 2 aromatic rings. The molecule has 5 rings (SSSR count). The van der Waals surface area contributed by atoms with Crippen LogP contribution < -0.4 is 10.1 Å². The molecule has 0 unspecified atom stereocenters. The Balaban J connectivity index is 1.09. The van der Waals surface area contributed by atoms with Crippen LogP contribution in [0, 0.1) is 17.2 Å². The number of carbonyl (C=O) groups excluding carboxylic acids is 2. The second kappa shape index (κ2) is 16.1. The Morgan fingerprint density at radius 3 is 2.58 bits per heavy atom. The van der Waals surface area contributed by atoms with Crippen molar-refractivity contribution in [2.75, 3.05) is 26.2 Å². The number of hydrogen-bond donors (Lipinski definition) is 2. The minimum absolute atomic E-state index is 0.0311. The second-order valence-electron chi connectivity index (χ2n) is 15.1. The highest BCUT2D eigenvalue weighted by molar-refractivity contribution is 5.78. The van der Waals surface area contributed by atoms with Crippen LogP contribution in [0.3, 0.4) is 0 Å². The number of carbonyl (C=O) groups is 3. The van der Waals surface area contributed by atoms with E-state index < -0.39 is 17.8 Å². The Morgan fingerprint density at radius 1 is 1.08 bits per heavy atom. The number of carboxylic acid groups (broad SMARTS) is 1. The quantitative estimate of drug-likeness (QED) is 0.228. The van der Waals surface area contributed by atoms with E-state index in [1.165, 1.54) is 30.2 Å². The first-order valence-corrected chi connectivity index (χ1v) is 17.9. The van der Waals surface area contributed by atoms with E-state index in [0.29, 0.717) is 44.1 Å². The number of benzene rings is 1. The number of aromatic nitrogens is 1. The molecule has 1 aromatic carbocycles. The van der Waals surface area contributed by atoms with Gasteiger partial charge in [0.2, 0.25) is 5.91 Å². The fourth-order valence-electron chi connectivity index (χ4n) is 7.42. The van der Waals surface area contributed by atoms with Gasteiger partial charge in [-0.2, -0.15) is 0 Å². The van der Waals surface area contributed by atoms with Crippen LogP contribution in [0.5, 0.6) is 5.75 Å². The van der Waals surface area contributed by atoms with Crippen LogP contribution in [-0.2, 0) is 28.9 Å². The van der Waals surface area contributed by atoms with E-state index in [2.05, 4.69) is 38.2 Å². The summed E-state index contributed by atoms with van der Waals surface area (Å²) in [6, 6.07) is 8.04. The maximum Gasteiger partial charge on any atom is 0.320 e. The Bertz CT molecular complexity index is 1430. The van der Waals surface area contributed by atoms with E-state index in [0.717, 1.165) is 63.5 Å². The van der Waals surface area contributed by atoms with Crippen LogP contribution in [0.2, 0.25) is 0 Å². The summed E-state index contributed by atoms with van der Waals surface area (Å²) in [4.78, 5) is 45.7. The predicted molar refractivity (Wildman–Crippen MR) is 182 cm³/mol. The minimum Gasteiger partial charge on any atom is -0.491 e. The lowest BCUT2D eigenvalue weighted by molar-refractivity contribution is -0.138. The van der Waals surface area contributed by atoms with Crippen molar-refractivity contribution in [1.82, 2.24) is 20.1 Å². The minimum atomic E-state index is -1.05. The fraction of sp³-hybridized carbons (Fsp3) is 0.632. The van der Waals surface area contributed by atoms with Crippen molar-refractivity contribution in [2.45, 2.75) is 116 Å². The molecule has 1 saturated carbocycles. The monoisotopic (exact) mass is 664 g/mol. The van der Waals surface area contributed by atoms with Gasteiger partial charge in [0.05, 0.1) is 19.1 Å². The summed E-state index contributed by atoms with van der Waals surface area (Å²) in [6.07, 6.45) is 10.9. The lowest BCUT2D eigenvalue weighted by Crippen LogP contribution is -2.39. The summed E-state index contributed by atoms with van der Waals surface area (Å²) in [7, 11) is 0. The van der Waals surface area contributed by atoms with Crippen LogP contribution in [0.1, 0.15) is 114 Å². The van der Waals surface area contributed by atoms with Crippen molar-refractivity contribution in [3.05, 3.63) is 58.7 Å². The first-order chi connectivity index (χ1) is 22.9. The first-order valence-electron chi connectivity index (χ1n) is 17.9. The van der Waals surface area contributed by atoms with Crippen LogP contribution in [-0.4, -0.2) is 70.1 Å². The van der Waals surface area contributed by atoms with Crippen molar-refractivity contribution in [3.63, 3.8) is 0 Å². The largest absolute Gasteiger partial charge is 0.491 e. The third-order valence-corrected chi connectivity index (χ3v) is 10.00. The molecule has 2 N–H and O–H groups in total. The maximum absolute atomic E-state index is 15.3. The van der Waals surface area contributed by atoms with Gasteiger partial charge in [0.1, 0.15) is 0 Å². The Labute approximate surface area is 284 Å². The van der Waals surface area contributed by atoms with E-state index in [9.17, 15) is 19.5 Å². The Hall–Kier alpha value is -3.69. The number of amides is 3. The van der Waals surface area contributed by atoms with Gasteiger partial charge in [-0.3, -0.25) is 14.6 Å². The smallest absolute Gasteiger partial charge is 0.320 e. The number of ether oxygens (including phenoxy) is 1. The van der Waals surface area contributed by atoms with Crippen molar-refractivity contribution in [1.29, 1.82) is 0 Å². The number of hydrogen-bond acceptors (Lipinski definition) is 5. The molecule has 10 heteroatoms. The number of aryl methyl sites for hydroxylation is 3. The van der Waals surface area contributed by atoms with Gasteiger partial charge in [-0.05, 0) is 111 Å². The van der Waals surface area contributed by atoms with Gasteiger partial charge in [0.15, 0.2) is 11.6 Å². The number of nitrogens with zero attached hydrogens (tertiary/aromatic N) is 3. The van der Waals surface area contributed by atoms with E-state index in [1.54, 1.807) is 21.9 Å². The molecule has 3 aliphatic rings. The van der Waals surface area contributed by atoms with Crippen molar-refractivity contribution in [3.8, 4) is 5.75 Å². The Kier molecular flexibility index (Phi) is 12.0. The molecule has 48 heavy (non-hydrogen) atoms. The molecule has 1 saturated heterocycles. The molecule has 9 nitrogen and oxygen atoms in total. The molecule has 0 radical (unpaired) electrons. The van der Waals surface area contributed by atoms with Crippen molar-refractivity contribution < 1.29 is 28.6 Å². The first kappa shape index (κ1) is 35.6. The molecule has 0 bridgehead atoms. The van der Waals surface area contributed by atoms with E-state index in [-0.39, 0.29) is 35.6 Å². The molecule has 2 heterocycles. The molecule has 2 aliphatic carbocycles. The number of halogens is 1. The van der Waals surface area contributed by atoms with E-state index in [4.69, 9.17) is 9.72 Å². The topological polar surface area (TPSA) is 112 Å². The zero-order valence-electron chi connectivity index (χ0n) is 28.9. The third kappa shape index (κ3) is 9.92. The molecule has 1 aliphatic heterocycles. The average molecular weight is 665 g/mol. The molecule has 2 fully saturated rings. The highest BCUT2D eigenvalue weighted by Crippen LogP contribution is 2.32. The number of carboxylic acids is 1. The predicted octanol–water partition coefficient (Wildman–Crippen LogP) is 6.87. The number of pyridine rings is 1. The molecule has 3 amide bonds. The van der Waals surface area contributed by atoms with Crippen molar-refractivity contribution >= 4 is 17.9 Å².